The number of methoxy groups -OCH3 is 1. The minimum absolute atomic E-state index is 0.288. The zero-order valence-electron chi connectivity index (χ0n) is 13.8. The maximum atomic E-state index is 11.6. The first-order valence-electron chi connectivity index (χ1n) is 8.05. The van der Waals surface area contributed by atoms with E-state index >= 15 is 0 Å². The lowest BCUT2D eigenvalue weighted by Crippen LogP contribution is -2.56. The van der Waals surface area contributed by atoms with Crippen LogP contribution in [0.3, 0.4) is 0 Å². The van der Waals surface area contributed by atoms with Crippen LogP contribution in [0.1, 0.15) is 33.1 Å². The molecule has 0 aromatic carbocycles. The van der Waals surface area contributed by atoms with Gasteiger partial charge in [0.25, 0.3) is 0 Å². The molecule has 1 heterocycles. The van der Waals surface area contributed by atoms with Gasteiger partial charge in [0, 0.05) is 39.3 Å². The van der Waals surface area contributed by atoms with Crippen LogP contribution in [0.2, 0.25) is 0 Å². The van der Waals surface area contributed by atoms with Crippen LogP contribution in [0, 0.1) is 11.8 Å². The van der Waals surface area contributed by atoms with Crippen molar-refractivity contribution in [3.8, 4) is 0 Å². The maximum Gasteiger partial charge on any atom is 0.211 e. The Bertz CT molecular complexity index is 430. The Kier molecular flexibility index (Phi) is 5.68. The maximum absolute atomic E-state index is 11.6. The second-order valence-corrected chi connectivity index (χ2v) is 8.84. The van der Waals surface area contributed by atoms with Crippen LogP contribution in [-0.2, 0) is 14.8 Å². The van der Waals surface area contributed by atoms with Crippen molar-refractivity contribution < 1.29 is 13.2 Å². The second kappa shape index (κ2) is 6.94. The Balaban J connectivity index is 1.94. The standard InChI is InChI=1S/C15H30N2O3S/c1-12(2)13-5-6-14(15(11-13)20-3)16-7-9-17(10-8-16)21(4,18)19/h12-15H,5-11H2,1-4H3. The molecule has 0 aromatic rings. The third-order valence-electron chi connectivity index (χ3n) is 5.25. The van der Waals surface area contributed by atoms with E-state index in [1.54, 1.807) is 4.31 Å². The number of hydrogen-bond donors (Lipinski definition) is 0. The highest BCUT2D eigenvalue weighted by molar-refractivity contribution is 7.88. The van der Waals surface area contributed by atoms with Gasteiger partial charge in [0.2, 0.25) is 10.0 Å². The van der Waals surface area contributed by atoms with E-state index in [1.165, 1.54) is 19.1 Å². The Hall–Kier alpha value is -0.170. The SMILES string of the molecule is COC1CC(C(C)C)CCC1N1CCN(S(C)(=O)=O)CC1. The largest absolute Gasteiger partial charge is 0.380 e. The summed E-state index contributed by atoms with van der Waals surface area (Å²) in [6, 6.07) is 0.451. The average Bonchev–Trinajstić information content (AvgIpc) is 2.45. The number of rotatable bonds is 4. The molecule has 2 rings (SSSR count). The van der Waals surface area contributed by atoms with Crippen LogP contribution >= 0.6 is 0 Å². The third-order valence-corrected chi connectivity index (χ3v) is 6.56. The predicted molar refractivity (Wildman–Crippen MR) is 84.8 cm³/mol. The molecule has 2 fully saturated rings. The van der Waals surface area contributed by atoms with Gasteiger partial charge in [-0.25, -0.2) is 8.42 Å². The van der Waals surface area contributed by atoms with Gasteiger partial charge in [-0.05, 0) is 31.1 Å². The van der Waals surface area contributed by atoms with E-state index in [-0.39, 0.29) is 6.10 Å². The van der Waals surface area contributed by atoms with E-state index in [0.29, 0.717) is 25.0 Å². The summed E-state index contributed by atoms with van der Waals surface area (Å²) < 4.78 is 30.5. The molecule has 124 valence electrons. The summed E-state index contributed by atoms with van der Waals surface area (Å²) in [4.78, 5) is 2.44. The molecule has 21 heavy (non-hydrogen) atoms. The molecule has 6 heteroatoms. The van der Waals surface area contributed by atoms with E-state index in [9.17, 15) is 8.42 Å². The molecule has 3 atom stereocenters. The minimum Gasteiger partial charge on any atom is -0.380 e. The first-order chi connectivity index (χ1) is 9.82. The van der Waals surface area contributed by atoms with E-state index < -0.39 is 10.0 Å². The molecule has 0 radical (unpaired) electrons. The van der Waals surface area contributed by atoms with Crippen molar-refractivity contribution in [3.63, 3.8) is 0 Å². The molecule has 0 bridgehead atoms. The number of sulfonamides is 1. The van der Waals surface area contributed by atoms with Gasteiger partial charge in [0.15, 0.2) is 0 Å². The molecule has 3 unspecified atom stereocenters. The highest BCUT2D eigenvalue weighted by Gasteiger charge is 2.37. The minimum atomic E-state index is -3.04. The second-order valence-electron chi connectivity index (χ2n) is 6.86. The molecule has 1 aliphatic heterocycles. The topological polar surface area (TPSA) is 49.9 Å². The molecule has 5 nitrogen and oxygen atoms in total. The van der Waals surface area contributed by atoms with Gasteiger partial charge in [-0.15, -0.1) is 0 Å². The van der Waals surface area contributed by atoms with Gasteiger partial charge in [0.05, 0.1) is 12.4 Å². The zero-order valence-corrected chi connectivity index (χ0v) is 14.6. The van der Waals surface area contributed by atoms with Gasteiger partial charge in [0.1, 0.15) is 0 Å². The molecular weight excluding hydrogens is 288 g/mol. The van der Waals surface area contributed by atoms with Crippen molar-refractivity contribution in [2.45, 2.75) is 45.3 Å². The van der Waals surface area contributed by atoms with Crippen LogP contribution in [0.5, 0.6) is 0 Å². The molecule has 1 saturated heterocycles. The summed E-state index contributed by atoms with van der Waals surface area (Å²) in [5.74, 6) is 1.47. The van der Waals surface area contributed by atoms with Crippen molar-refractivity contribution in [2.75, 3.05) is 39.5 Å². The van der Waals surface area contributed by atoms with Crippen LogP contribution in [0.15, 0.2) is 0 Å². The molecule has 0 aromatic heterocycles. The highest BCUT2D eigenvalue weighted by atomic mass is 32.2. The van der Waals surface area contributed by atoms with Gasteiger partial charge < -0.3 is 4.74 Å². The lowest BCUT2D eigenvalue weighted by Gasteiger charge is -2.45. The fraction of sp³-hybridized carbons (Fsp3) is 1.00. The van der Waals surface area contributed by atoms with E-state index in [4.69, 9.17) is 4.74 Å². The summed E-state index contributed by atoms with van der Waals surface area (Å²) in [5, 5.41) is 0. The van der Waals surface area contributed by atoms with Gasteiger partial charge >= 0.3 is 0 Å². The molecule has 0 N–H and O–H groups in total. The normalized spacial score (nSPS) is 33.5. The zero-order chi connectivity index (χ0) is 15.6. The van der Waals surface area contributed by atoms with Crippen LogP contribution in [0.25, 0.3) is 0 Å². The number of ether oxygens (including phenoxy) is 1. The summed E-state index contributed by atoms with van der Waals surface area (Å²) in [5.41, 5.74) is 0. The van der Waals surface area contributed by atoms with E-state index in [1.807, 2.05) is 7.11 Å². The monoisotopic (exact) mass is 318 g/mol. The van der Waals surface area contributed by atoms with Crippen LogP contribution in [-0.4, -0.2) is 69.3 Å². The summed E-state index contributed by atoms with van der Waals surface area (Å²) >= 11 is 0. The van der Waals surface area contributed by atoms with Crippen LogP contribution < -0.4 is 0 Å². The molecule has 1 saturated carbocycles. The summed E-state index contributed by atoms with van der Waals surface area (Å²) in [6.07, 6.45) is 5.14. The first-order valence-corrected chi connectivity index (χ1v) is 9.89. The number of nitrogens with zero attached hydrogens (tertiary/aromatic N) is 2. The first kappa shape index (κ1) is 17.2. The van der Waals surface area contributed by atoms with Crippen molar-refractivity contribution in [1.82, 2.24) is 9.21 Å². The van der Waals surface area contributed by atoms with Crippen molar-refractivity contribution in [2.24, 2.45) is 11.8 Å². The third kappa shape index (κ3) is 4.18. The average molecular weight is 318 g/mol. The van der Waals surface area contributed by atoms with E-state index in [0.717, 1.165) is 25.4 Å². The molecule has 2 aliphatic rings. The lowest BCUT2D eigenvalue weighted by molar-refractivity contribution is -0.0401. The Morgan fingerprint density at radius 1 is 1.10 bits per heavy atom. The Morgan fingerprint density at radius 2 is 1.71 bits per heavy atom. The summed E-state index contributed by atoms with van der Waals surface area (Å²) in [7, 11) is -1.23. The molecular formula is C15H30N2O3S. The Morgan fingerprint density at radius 3 is 2.19 bits per heavy atom. The lowest BCUT2D eigenvalue weighted by atomic mass is 9.77. The highest BCUT2D eigenvalue weighted by Crippen LogP contribution is 2.34. The van der Waals surface area contributed by atoms with Gasteiger partial charge in [-0.2, -0.15) is 4.31 Å². The van der Waals surface area contributed by atoms with Gasteiger partial charge in [-0.1, -0.05) is 13.8 Å². The fourth-order valence-corrected chi connectivity index (χ4v) is 4.61. The van der Waals surface area contributed by atoms with Gasteiger partial charge in [-0.3, -0.25) is 4.90 Å². The molecule has 1 aliphatic carbocycles. The van der Waals surface area contributed by atoms with Crippen molar-refractivity contribution >= 4 is 10.0 Å². The summed E-state index contributed by atoms with van der Waals surface area (Å²) in [6.45, 7) is 7.46. The van der Waals surface area contributed by atoms with E-state index in [2.05, 4.69) is 18.7 Å². The predicted octanol–water partition coefficient (Wildman–Crippen LogP) is 1.40. The smallest absolute Gasteiger partial charge is 0.211 e. The van der Waals surface area contributed by atoms with Crippen molar-refractivity contribution in [1.29, 1.82) is 0 Å². The Labute approximate surface area is 129 Å². The number of hydrogen-bond acceptors (Lipinski definition) is 4. The molecule has 0 spiro atoms. The number of piperazine rings is 1. The van der Waals surface area contributed by atoms with Crippen molar-refractivity contribution in [3.05, 3.63) is 0 Å². The van der Waals surface area contributed by atoms with Crippen LogP contribution in [0.4, 0.5) is 0 Å². The fourth-order valence-electron chi connectivity index (χ4n) is 3.79. The quantitative estimate of drug-likeness (QED) is 0.786. The molecule has 0 amide bonds.